The molecular formula is C5H8BrN3O2. The number of pyridine rings is 1. The quantitative estimate of drug-likeness (QED) is 0.268. The van der Waals surface area contributed by atoms with Gasteiger partial charge >= 0.3 is 5.82 Å². The molecule has 0 aliphatic rings. The first-order valence-electron chi connectivity index (χ1n) is 2.63. The summed E-state index contributed by atoms with van der Waals surface area (Å²) in [7, 11) is 0. The summed E-state index contributed by atoms with van der Waals surface area (Å²) in [6.45, 7) is 0. The summed E-state index contributed by atoms with van der Waals surface area (Å²) in [6, 6.07) is 2.78. The Morgan fingerprint density at radius 1 is 1.64 bits per heavy atom. The van der Waals surface area contributed by atoms with Gasteiger partial charge < -0.3 is 10.3 Å². The van der Waals surface area contributed by atoms with Gasteiger partial charge in [-0.25, -0.2) is 4.73 Å². The highest BCUT2D eigenvalue weighted by Crippen LogP contribution is 2.14. The molecule has 1 aromatic rings. The number of aromatic hydroxyl groups is 1. The molecule has 1 heterocycles. The van der Waals surface area contributed by atoms with E-state index in [1.807, 2.05) is 0 Å². The molecule has 4 N–H and O–H groups in total. The number of hydrogen-bond acceptors (Lipinski definition) is 4. The van der Waals surface area contributed by atoms with Crippen molar-refractivity contribution in [3.63, 3.8) is 0 Å². The van der Waals surface area contributed by atoms with E-state index in [9.17, 15) is 5.21 Å². The van der Waals surface area contributed by atoms with Crippen LogP contribution in [0.1, 0.15) is 0 Å². The van der Waals surface area contributed by atoms with Crippen LogP contribution in [-0.2, 0) is 0 Å². The zero-order valence-electron chi connectivity index (χ0n) is 5.52. The molecule has 0 spiro atoms. The summed E-state index contributed by atoms with van der Waals surface area (Å²) in [5.41, 5.74) is 2.06. The van der Waals surface area contributed by atoms with Crippen LogP contribution in [0.4, 0.5) is 5.82 Å². The van der Waals surface area contributed by atoms with E-state index in [0.29, 0.717) is 4.73 Å². The minimum Gasteiger partial charge on any atom is -0.710 e. The monoisotopic (exact) mass is 221 g/mol. The van der Waals surface area contributed by atoms with Gasteiger partial charge in [0.1, 0.15) is 0 Å². The van der Waals surface area contributed by atoms with Crippen molar-refractivity contribution in [1.82, 2.24) is 0 Å². The van der Waals surface area contributed by atoms with Crippen molar-refractivity contribution in [3.8, 4) is 5.75 Å². The van der Waals surface area contributed by atoms with Gasteiger partial charge in [-0.3, -0.25) is 0 Å². The maximum Gasteiger partial charge on any atom is 0.338 e. The van der Waals surface area contributed by atoms with Crippen molar-refractivity contribution in [2.75, 3.05) is 5.43 Å². The first-order chi connectivity index (χ1) is 4.75. The molecule has 62 valence electrons. The lowest BCUT2D eigenvalue weighted by molar-refractivity contribution is -0.590. The number of aromatic nitrogens is 1. The van der Waals surface area contributed by atoms with E-state index in [1.54, 1.807) is 0 Å². The molecule has 0 aromatic carbocycles. The molecular weight excluding hydrogens is 214 g/mol. The number of rotatable bonds is 1. The highest BCUT2D eigenvalue weighted by Gasteiger charge is 2.05. The van der Waals surface area contributed by atoms with Crippen molar-refractivity contribution in [2.24, 2.45) is 5.84 Å². The van der Waals surface area contributed by atoms with E-state index in [0.717, 1.165) is 0 Å². The predicted molar refractivity (Wildman–Crippen MR) is 45.2 cm³/mol. The van der Waals surface area contributed by atoms with E-state index in [1.165, 1.54) is 18.3 Å². The largest absolute Gasteiger partial charge is 0.710 e. The number of halogens is 1. The lowest BCUT2D eigenvalue weighted by Gasteiger charge is -2.05. The lowest BCUT2D eigenvalue weighted by Crippen LogP contribution is -2.32. The molecule has 0 aliphatic carbocycles. The lowest BCUT2D eigenvalue weighted by atomic mass is 10.4. The van der Waals surface area contributed by atoms with Gasteiger partial charge in [0, 0.05) is 0 Å². The Bertz CT molecular complexity index is 223. The molecule has 0 atom stereocenters. The van der Waals surface area contributed by atoms with Crippen LogP contribution >= 0.6 is 17.0 Å². The zero-order valence-corrected chi connectivity index (χ0v) is 7.23. The van der Waals surface area contributed by atoms with Crippen LogP contribution in [0.25, 0.3) is 0 Å². The molecule has 1 aromatic heterocycles. The zero-order chi connectivity index (χ0) is 7.56. The predicted octanol–water partition coefficient (Wildman–Crippen LogP) is -0.111. The minimum atomic E-state index is -0.167. The van der Waals surface area contributed by atoms with Gasteiger partial charge in [-0.15, -0.1) is 17.0 Å². The van der Waals surface area contributed by atoms with Crippen molar-refractivity contribution in [1.29, 1.82) is 0 Å². The topological polar surface area (TPSA) is 85.2 Å². The van der Waals surface area contributed by atoms with Gasteiger partial charge in [0.2, 0.25) is 5.75 Å². The highest BCUT2D eigenvalue weighted by molar-refractivity contribution is 8.93. The van der Waals surface area contributed by atoms with Crippen LogP contribution in [0, 0.1) is 5.21 Å². The van der Waals surface area contributed by atoms with Crippen LogP contribution in [-0.4, -0.2) is 5.11 Å². The van der Waals surface area contributed by atoms with Crippen LogP contribution in [0.15, 0.2) is 18.3 Å². The molecule has 6 heteroatoms. The van der Waals surface area contributed by atoms with Crippen LogP contribution in [0.3, 0.4) is 0 Å². The fourth-order valence-electron chi connectivity index (χ4n) is 0.616. The Labute approximate surface area is 73.8 Å². The van der Waals surface area contributed by atoms with Gasteiger partial charge in [0.15, 0.2) is 0 Å². The summed E-state index contributed by atoms with van der Waals surface area (Å²) in [6.07, 6.45) is 1.23. The summed E-state index contributed by atoms with van der Waals surface area (Å²) in [4.78, 5) is 0. The second-order valence-electron chi connectivity index (χ2n) is 1.71. The summed E-state index contributed by atoms with van der Waals surface area (Å²) in [5, 5.41) is 19.6. The van der Waals surface area contributed by atoms with Crippen molar-refractivity contribution < 1.29 is 9.84 Å². The first kappa shape index (κ1) is 9.99. The SMILES string of the molecule is Br.NNc1c(O)ccc[n+]1[O-]. The van der Waals surface area contributed by atoms with Crippen molar-refractivity contribution in [2.45, 2.75) is 0 Å². The molecule has 5 nitrogen and oxygen atoms in total. The van der Waals surface area contributed by atoms with E-state index >= 15 is 0 Å². The van der Waals surface area contributed by atoms with E-state index in [2.05, 4.69) is 5.43 Å². The maximum absolute atomic E-state index is 10.7. The molecule has 11 heavy (non-hydrogen) atoms. The number of nitrogens with one attached hydrogen (secondary N) is 1. The average Bonchev–Trinajstić information content (AvgIpc) is 1.88. The molecule has 0 saturated carbocycles. The smallest absolute Gasteiger partial charge is 0.338 e. The minimum absolute atomic E-state index is 0. The Balaban J connectivity index is 0.000001000. The Morgan fingerprint density at radius 2 is 2.27 bits per heavy atom. The second kappa shape index (κ2) is 3.99. The van der Waals surface area contributed by atoms with Gasteiger partial charge in [0.05, 0.1) is 6.20 Å². The standard InChI is InChI=1S/C5H7N3O2.BrH/c6-7-5-4(9)2-1-3-8(5)10;/h1-3,7,9H,6H2;1H. The van der Waals surface area contributed by atoms with Gasteiger partial charge in [-0.2, -0.15) is 11.3 Å². The van der Waals surface area contributed by atoms with Crippen LogP contribution in [0.2, 0.25) is 0 Å². The molecule has 0 unspecified atom stereocenters. The fourth-order valence-corrected chi connectivity index (χ4v) is 0.616. The van der Waals surface area contributed by atoms with E-state index < -0.39 is 0 Å². The molecule has 0 radical (unpaired) electrons. The normalized spacial score (nSPS) is 8.45. The Hall–Kier alpha value is -1.01. The number of hydrazine groups is 1. The van der Waals surface area contributed by atoms with Crippen molar-refractivity contribution in [3.05, 3.63) is 23.5 Å². The van der Waals surface area contributed by atoms with Gasteiger partial charge in [0.25, 0.3) is 0 Å². The molecule has 0 bridgehead atoms. The Kier molecular flexibility index (Phi) is 3.63. The number of nitrogen functional groups attached to an aromatic ring is 1. The average molecular weight is 222 g/mol. The van der Waals surface area contributed by atoms with Gasteiger partial charge in [-0.1, -0.05) is 0 Å². The van der Waals surface area contributed by atoms with Gasteiger partial charge in [-0.05, 0) is 12.1 Å². The summed E-state index contributed by atoms with van der Waals surface area (Å²) >= 11 is 0. The first-order valence-corrected chi connectivity index (χ1v) is 2.63. The molecule has 0 fully saturated rings. The third kappa shape index (κ3) is 1.95. The second-order valence-corrected chi connectivity index (χ2v) is 1.71. The summed E-state index contributed by atoms with van der Waals surface area (Å²) in [5.74, 6) is 4.70. The number of nitrogens with zero attached hydrogens (tertiary/aromatic N) is 1. The van der Waals surface area contributed by atoms with E-state index in [-0.39, 0.29) is 28.5 Å². The number of hydrogen-bond donors (Lipinski definition) is 3. The highest BCUT2D eigenvalue weighted by atomic mass is 79.9. The van der Waals surface area contributed by atoms with E-state index in [4.69, 9.17) is 10.9 Å². The molecule has 1 rings (SSSR count). The van der Waals surface area contributed by atoms with Crippen LogP contribution < -0.4 is 16.0 Å². The molecule has 0 aliphatic heterocycles. The van der Waals surface area contributed by atoms with Crippen LogP contribution in [0.5, 0.6) is 5.75 Å². The molecule has 0 saturated heterocycles. The number of anilines is 1. The molecule has 0 amide bonds. The number of nitrogens with two attached hydrogens (primary N) is 1. The maximum atomic E-state index is 10.7. The Morgan fingerprint density at radius 3 is 2.64 bits per heavy atom. The summed E-state index contributed by atoms with van der Waals surface area (Å²) < 4.78 is 0.440. The third-order valence-electron chi connectivity index (χ3n) is 1.08. The third-order valence-corrected chi connectivity index (χ3v) is 1.08. The van der Waals surface area contributed by atoms with Crippen molar-refractivity contribution >= 4 is 22.8 Å². The fraction of sp³-hybridized carbons (Fsp3) is 0.